The van der Waals surface area contributed by atoms with Gasteiger partial charge in [0.2, 0.25) is 5.95 Å². The summed E-state index contributed by atoms with van der Waals surface area (Å²) >= 11 is 0. The van der Waals surface area contributed by atoms with Crippen molar-refractivity contribution >= 4 is 22.5 Å². The second-order valence-electron chi connectivity index (χ2n) is 7.09. The Hall–Kier alpha value is -3.47. The van der Waals surface area contributed by atoms with E-state index in [0.29, 0.717) is 36.2 Å². The van der Waals surface area contributed by atoms with Crippen molar-refractivity contribution in [2.24, 2.45) is 5.84 Å². The zero-order valence-electron chi connectivity index (χ0n) is 16.8. The Morgan fingerprint density at radius 1 is 1.39 bits per heavy atom. The monoisotopic (exact) mass is 424 g/mol. The van der Waals surface area contributed by atoms with E-state index in [0.717, 1.165) is 11.1 Å². The maximum atomic E-state index is 14.3. The minimum Gasteiger partial charge on any atom is -0.320 e. The van der Waals surface area contributed by atoms with Crippen LogP contribution in [0.4, 0.5) is 4.39 Å². The molecule has 0 spiro atoms. The van der Waals surface area contributed by atoms with Crippen molar-refractivity contribution in [2.45, 2.75) is 19.9 Å². The molecule has 1 aliphatic rings. The highest BCUT2D eigenvalue weighted by molar-refractivity contribution is 5.92. The molecule has 0 saturated heterocycles. The van der Waals surface area contributed by atoms with Crippen molar-refractivity contribution in [3.8, 4) is 0 Å². The molecule has 4 rings (SSSR count). The van der Waals surface area contributed by atoms with Crippen LogP contribution in [0.5, 0.6) is 0 Å². The molecule has 0 aromatic carbocycles. The van der Waals surface area contributed by atoms with Crippen LogP contribution in [0.1, 0.15) is 34.1 Å². The van der Waals surface area contributed by atoms with Gasteiger partial charge in [-0.1, -0.05) is 13.0 Å². The van der Waals surface area contributed by atoms with E-state index in [9.17, 15) is 14.0 Å². The third-order valence-corrected chi connectivity index (χ3v) is 5.07. The van der Waals surface area contributed by atoms with Crippen molar-refractivity contribution in [1.29, 1.82) is 0 Å². The first kappa shape index (κ1) is 20.8. The number of halogens is 1. The van der Waals surface area contributed by atoms with Gasteiger partial charge in [0.25, 0.3) is 11.5 Å². The van der Waals surface area contributed by atoms with Crippen molar-refractivity contribution in [1.82, 2.24) is 25.4 Å². The summed E-state index contributed by atoms with van der Waals surface area (Å²) in [5, 5.41) is 1.71. The van der Waals surface area contributed by atoms with E-state index in [1.165, 1.54) is 12.1 Å². The SMILES string of the molecule is CCc1cc2ncc(CN3CC=C(c4ccc(C(=O)NN)nc4F)CO3)cc2[nH]c1=O. The smallest absolute Gasteiger partial charge is 0.283 e. The Morgan fingerprint density at radius 2 is 2.23 bits per heavy atom. The maximum Gasteiger partial charge on any atom is 0.283 e. The topological polar surface area (TPSA) is 126 Å². The predicted molar refractivity (Wildman–Crippen MR) is 112 cm³/mol. The molecule has 3 aromatic rings. The van der Waals surface area contributed by atoms with Crippen LogP contribution in [0.2, 0.25) is 0 Å². The number of nitrogens with one attached hydrogen (secondary N) is 2. The summed E-state index contributed by atoms with van der Waals surface area (Å²) < 4.78 is 14.3. The van der Waals surface area contributed by atoms with Crippen LogP contribution in [0.3, 0.4) is 0 Å². The quantitative estimate of drug-likeness (QED) is 0.245. The Bertz CT molecular complexity index is 1240. The Labute approximate surface area is 176 Å². The highest BCUT2D eigenvalue weighted by atomic mass is 19.1. The molecule has 0 aliphatic carbocycles. The van der Waals surface area contributed by atoms with E-state index >= 15 is 0 Å². The number of aromatic nitrogens is 3. The number of pyridine rings is 3. The van der Waals surface area contributed by atoms with E-state index in [2.05, 4.69) is 15.0 Å². The van der Waals surface area contributed by atoms with Crippen LogP contribution in [0.25, 0.3) is 16.6 Å². The normalized spacial score (nSPS) is 14.5. The number of nitrogen functional groups attached to an aromatic ring is 1. The zero-order valence-corrected chi connectivity index (χ0v) is 16.8. The average Bonchev–Trinajstić information content (AvgIpc) is 2.78. The molecular weight excluding hydrogens is 403 g/mol. The number of hydrogen-bond acceptors (Lipinski definition) is 7. The number of carbonyl (C=O) groups excluding carboxylic acids is 1. The van der Waals surface area contributed by atoms with E-state index in [1.54, 1.807) is 17.3 Å². The lowest BCUT2D eigenvalue weighted by Crippen LogP contribution is -2.31. The van der Waals surface area contributed by atoms with Gasteiger partial charge >= 0.3 is 0 Å². The summed E-state index contributed by atoms with van der Waals surface area (Å²) in [7, 11) is 0. The number of nitrogens with two attached hydrogens (primary N) is 1. The molecule has 0 bridgehead atoms. The molecule has 9 nitrogen and oxygen atoms in total. The lowest BCUT2D eigenvalue weighted by molar-refractivity contribution is -0.150. The molecule has 0 atom stereocenters. The Balaban J connectivity index is 1.47. The molecule has 3 aromatic heterocycles. The lowest BCUT2D eigenvalue weighted by atomic mass is 10.1. The van der Waals surface area contributed by atoms with Crippen molar-refractivity contribution in [3.63, 3.8) is 0 Å². The molecule has 0 fully saturated rings. The number of hydrazine groups is 1. The minimum absolute atomic E-state index is 0.101. The van der Waals surface area contributed by atoms with Gasteiger partial charge in [-0.05, 0) is 41.8 Å². The van der Waals surface area contributed by atoms with Crippen molar-refractivity contribution < 1.29 is 14.0 Å². The van der Waals surface area contributed by atoms with Crippen molar-refractivity contribution in [2.75, 3.05) is 13.2 Å². The van der Waals surface area contributed by atoms with Gasteiger partial charge in [-0.25, -0.2) is 10.8 Å². The van der Waals surface area contributed by atoms with Gasteiger partial charge in [-0.3, -0.25) is 24.8 Å². The minimum atomic E-state index is -0.765. The number of hydrogen-bond donors (Lipinski definition) is 3. The van der Waals surface area contributed by atoms with Gasteiger partial charge in [0, 0.05) is 23.9 Å². The fraction of sp³-hybridized carbons (Fsp3) is 0.238. The number of fused-ring (bicyclic) bond motifs is 1. The fourth-order valence-electron chi connectivity index (χ4n) is 3.38. The number of nitrogens with zero attached hydrogens (tertiary/aromatic N) is 3. The number of amides is 1. The first-order chi connectivity index (χ1) is 15.0. The second kappa shape index (κ2) is 8.72. The number of aryl methyl sites for hydroxylation is 1. The summed E-state index contributed by atoms with van der Waals surface area (Å²) in [5.41, 5.74) is 5.58. The average molecular weight is 424 g/mol. The lowest BCUT2D eigenvalue weighted by Gasteiger charge is -2.26. The molecule has 10 heteroatoms. The van der Waals surface area contributed by atoms with Crippen LogP contribution < -0.4 is 16.8 Å². The second-order valence-corrected chi connectivity index (χ2v) is 7.09. The molecule has 4 N–H and O–H groups in total. The number of rotatable bonds is 5. The van der Waals surface area contributed by atoms with Gasteiger partial charge in [-0.2, -0.15) is 9.45 Å². The fourth-order valence-corrected chi connectivity index (χ4v) is 3.38. The molecule has 1 amide bonds. The Morgan fingerprint density at radius 3 is 2.90 bits per heavy atom. The van der Waals surface area contributed by atoms with Crippen molar-refractivity contribution in [3.05, 3.63) is 75.2 Å². The summed E-state index contributed by atoms with van der Waals surface area (Å²) in [6, 6.07) is 6.55. The molecule has 0 saturated carbocycles. The molecule has 4 heterocycles. The van der Waals surface area contributed by atoms with Crippen LogP contribution in [0, 0.1) is 5.95 Å². The molecular formula is C21H21FN6O3. The van der Waals surface area contributed by atoms with Gasteiger partial charge in [0.15, 0.2) is 0 Å². The van der Waals surface area contributed by atoms with Crippen LogP contribution in [0.15, 0.2) is 41.3 Å². The molecule has 0 unspecified atom stereocenters. The summed E-state index contributed by atoms with van der Waals surface area (Å²) in [6.45, 7) is 2.94. The van der Waals surface area contributed by atoms with E-state index in [-0.39, 0.29) is 23.4 Å². The highest BCUT2D eigenvalue weighted by Gasteiger charge is 2.19. The highest BCUT2D eigenvalue weighted by Crippen LogP contribution is 2.23. The maximum absolute atomic E-state index is 14.3. The first-order valence-corrected chi connectivity index (χ1v) is 9.74. The van der Waals surface area contributed by atoms with Gasteiger partial charge in [0.05, 0.1) is 24.2 Å². The molecule has 0 radical (unpaired) electrons. The largest absolute Gasteiger partial charge is 0.320 e. The van der Waals surface area contributed by atoms with E-state index < -0.39 is 11.9 Å². The predicted octanol–water partition coefficient (Wildman–Crippen LogP) is 1.45. The molecule has 160 valence electrons. The molecule has 31 heavy (non-hydrogen) atoms. The van der Waals surface area contributed by atoms with Crippen LogP contribution in [-0.2, 0) is 17.8 Å². The number of carbonyl (C=O) groups is 1. The van der Waals surface area contributed by atoms with Crippen LogP contribution >= 0.6 is 0 Å². The van der Waals surface area contributed by atoms with Gasteiger partial charge < -0.3 is 4.98 Å². The number of aromatic amines is 1. The standard InChI is InChI=1S/C21H21FN6O3/c1-2-13-8-17-18(26-20(13)29)7-12(9-24-17)10-28-6-5-14(11-31-28)15-3-4-16(21(30)27-23)25-19(15)22/h3-5,7-9H,2,6,10-11,23H2,1H3,(H,26,29)(H,27,30). The van der Waals surface area contributed by atoms with Gasteiger partial charge in [0.1, 0.15) is 5.69 Å². The van der Waals surface area contributed by atoms with Gasteiger partial charge in [-0.15, -0.1) is 0 Å². The van der Waals surface area contributed by atoms with E-state index in [1.807, 2.05) is 24.5 Å². The third kappa shape index (κ3) is 4.36. The first-order valence-electron chi connectivity index (χ1n) is 9.74. The summed E-state index contributed by atoms with van der Waals surface area (Å²) in [5.74, 6) is 3.61. The summed E-state index contributed by atoms with van der Waals surface area (Å²) in [4.78, 5) is 40.2. The third-order valence-electron chi connectivity index (χ3n) is 5.07. The molecule has 1 aliphatic heterocycles. The van der Waals surface area contributed by atoms with Crippen LogP contribution in [-0.4, -0.2) is 39.1 Å². The summed E-state index contributed by atoms with van der Waals surface area (Å²) in [6.07, 6.45) is 4.23. The van der Waals surface area contributed by atoms with E-state index in [4.69, 9.17) is 10.7 Å². The number of hydroxylamine groups is 2. The Kier molecular flexibility index (Phi) is 5.85. The number of H-pyrrole nitrogens is 1. The zero-order chi connectivity index (χ0) is 22.0.